The van der Waals surface area contributed by atoms with Crippen LogP contribution in [-0.2, 0) is 6.54 Å². The summed E-state index contributed by atoms with van der Waals surface area (Å²) in [5.74, 6) is -0.291. The Labute approximate surface area is 193 Å². The number of nitrogens with zero attached hydrogens (tertiary/aromatic N) is 2. The molecule has 0 radical (unpaired) electrons. The van der Waals surface area contributed by atoms with Crippen LogP contribution in [0.5, 0.6) is 0 Å². The smallest absolute Gasteiger partial charge is 0.253 e. The highest BCUT2D eigenvalue weighted by Gasteiger charge is 2.26. The van der Waals surface area contributed by atoms with Crippen molar-refractivity contribution in [3.05, 3.63) is 75.8 Å². The van der Waals surface area contributed by atoms with Crippen molar-refractivity contribution in [2.45, 2.75) is 39.3 Å². The second-order valence-corrected chi connectivity index (χ2v) is 8.84. The minimum atomic E-state index is -0.291. The number of nitrogens with one attached hydrogen (secondary N) is 2. The third-order valence-electron chi connectivity index (χ3n) is 6.16. The number of likely N-dealkylation sites (N-methyl/N-ethyl adjacent to an activating group) is 1. The molecule has 0 saturated carbocycles. The molecule has 1 aromatic heterocycles. The van der Waals surface area contributed by atoms with Gasteiger partial charge in [-0.1, -0.05) is 19.1 Å². The molecule has 2 aromatic carbocycles. The van der Waals surface area contributed by atoms with Crippen molar-refractivity contribution in [3.8, 4) is 0 Å². The van der Waals surface area contributed by atoms with Crippen LogP contribution in [0.25, 0.3) is 10.9 Å². The second kappa shape index (κ2) is 9.79. The lowest BCUT2D eigenvalue weighted by Crippen LogP contribution is -2.44. The lowest BCUT2D eigenvalue weighted by molar-refractivity contribution is 0.221. The van der Waals surface area contributed by atoms with Gasteiger partial charge in [-0.3, -0.25) is 9.69 Å². The zero-order valence-electron chi connectivity index (χ0n) is 18.5. The van der Waals surface area contributed by atoms with Gasteiger partial charge < -0.3 is 15.2 Å². The van der Waals surface area contributed by atoms with E-state index in [1.54, 1.807) is 12.1 Å². The lowest BCUT2D eigenvalue weighted by Gasteiger charge is -2.32. The molecule has 1 saturated heterocycles. The number of likely N-dealkylation sites (tertiary alicyclic amines) is 1. The zero-order chi connectivity index (χ0) is 22.7. The van der Waals surface area contributed by atoms with Crippen molar-refractivity contribution in [2.24, 2.45) is 0 Å². The third kappa shape index (κ3) is 5.16. The molecular weight excluding hydrogens is 423 g/mol. The maximum absolute atomic E-state index is 13.3. The van der Waals surface area contributed by atoms with Gasteiger partial charge in [0.15, 0.2) is 5.11 Å². The zero-order valence-corrected chi connectivity index (χ0v) is 19.3. The maximum atomic E-state index is 13.3. The number of thiocarbonyl (C=S) groups is 1. The molecule has 5 nitrogen and oxygen atoms in total. The molecule has 0 bridgehead atoms. The van der Waals surface area contributed by atoms with Crippen LogP contribution in [0.4, 0.5) is 10.1 Å². The van der Waals surface area contributed by atoms with Gasteiger partial charge in [-0.05, 0) is 92.4 Å². The highest BCUT2D eigenvalue weighted by atomic mass is 32.1. The van der Waals surface area contributed by atoms with Crippen molar-refractivity contribution in [1.29, 1.82) is 0 Å². The fraction of sp³-hybridized carbons (Fsp3) is 0.360. The first-order valence-electron chi connectivity index (χ1n) is 11.1. The molecule has 1 aliphatic heterocycles. The summed E-state index contributed by atoms with van der Waals surface area (Å²) in [5.41, 5.74) is 3.24. The predicted molar refractivity (Wildman–Crippen MR) is 133 cm³/mol. The Morgan fingerprint density at radius 2 is 2.03 bits per heavy atom. The van der Waals surface area contributed by atoms with Crippen LogP contribution in [-0.4, -0.2) is 45.6 Å². The van der Waals surface area contributed by atoms with Gasteiger partial charge in [0.25, 0.3) is 5.56 Å². The van der Waals surface area contributed by atoms with Crippen LogP contribution in [0.2, 0.25) is 0 Å². The molecule has 2 heterocycles. The fourth-order valence-corrected chi connectivity index (χ4v) is 4.67. The van der Waals surface area contributed by atoms with Crippen molar-refractivity contribution in [2.75, 3.05) is 25.0 Å². The number of anilines is 1. The Morgan fingerprint density at radius 1 is 1.25 bits per heavy atom. The largest absolute Gasteiger partial charge is 0.343 e. The quantitative estimate of drug-likeness (QED) is 0.533. The van der Waals surface area contributed by atoms with E-state index < -0.39 is 0 Å². The molecule has 0 spiro atoms. The molecule has 0 amide bonds. The summed E-state index contributed by atoms with van der Waals surface area (Å²) in [6, 6.07) is 14.5. The lowest BCUT2D eigenvalue weighted by atomic mass is 10.1. The number of fused-ring (bicyclic) bond motifs is 1. The summed E-state index contributed by atoms with van der Waals surface area (Å²) in [6.45, 7) is 7.39. The topological polar surface area (TPSA) is 51.4 Å². The van der Waals surface area contributed by atoms with Crippen LogP contribution in [0.1, 0.15) is 30.9 Å². The van der Waals surface area contributed by atoms with Crippen molar-refractivity contribution < 1.29 is 4.39 Å². The first kappa shape index (κ1) is 22.4. The summed E-state index contributed by atoms with van der Waals surface area (Å²) >= 11 is 5.75. The molecule has 1 aliphatic rings. The third-order valence-corrected chi connectivity index (χ3v) is 6.52. The Kier molecular flexibility index (Phi) is 6.86. The van der Waals surface area contributed by atoms with Gasteiger partial charge in [0.05, 0.1) is 6.54 Å². The molecule has 32 heavy (non-hydrogen) atoms. The Bertz CT molecular complexity index is 1160. The number of benzene rings is 2. The van der Waals surface area contributed by atoms with Gasteiger partial charge >= 0.3 is 0 Å². The Balaban J connectivity index is 1.60. The minimum absolute atomic E-state index is 0.101. The molecule has 7 heteroatoms. The van der Waals surface area contributed by atoms with Crippen molar-refractivity contribution >= 4 is 33.9 Å². The maximum Gasteiger partial charge on any atom is 0.253 e. The number of pyridine rings is 1. The van der Waals surface area contributed by atoms with Gasteiger partial charge in [-0.25, -0.2) is 4.39 Å². The number of hydrogen-bond donors (Lipinski definition) is 2. The van der Waals surface area contributed by atoms with Gasteiger partial charge in [-0.15, -0.1) is 0 Å². The van der Waals surface area contributed by atoms with Crippen LogP contribution >= 0.6 is 12.2 Å². The molecule has 3 aromatic rings. The minimum Gasteiger partial charge on any atom is -0.343 e. The second-order valence-electron chi connectivity index (χ2n) is 8.46. The summed E-state index contributed by atoms with van der Waals surface area (Å²) in [4.78, 5) is 20.4. The fourth-order valence-electron chi connectivity index (χ4n) is 4.41. The van der Waals surface area contributed by atoms with Crippen molar-refractivity contribution in [1.82, 2.24) is 14.8 Å². The molecule has 4 rings (SSSR count). The van der Waals surface area contributed by atoms with Gasteiger partial charge in [0.1, 0.15) is 5.82 Å². The van der Waals surface area contributed by atoms with Crippen LogP contribution in [0, 0.1) is 12.7 Å². The van der Waals surface area contributed by atoms with E-state index in [2.05, 4.69) is 27.0 Å². The van der Waals surface area contributed by atoms with E-state index in [4.69, 9.17) is 12.2 Å². The number of rotatable bonds is 6. The molecule has 168 valence electrons. The summed E-state index contributed by atoms with van der Waals surface area (Å²) in [5, 5.41) is 4.75. The highest BCUT2D eigenvalue weighted by molar-refractivity contribution is 7.80. The van der Waals surface area contributed by atoms with E-state index in [1.165, 1.54) is 18.6 Å². The summed E-state index contributed by atoms with van der Waals surface area (Å²) in [7, 11) is 0. The SMILES string of the molecule is CCN1CCC[C@H]1CN(Cc1cc2ccc(C)cc2[nH]c1=O)C(=S)Nc1ccc(F)cc1. The van der Waals surface area contributed by atoms with E-state index in [-0.39, 0.29) is 11.4 Å². The summed E-state index contributed by atoms with van der Waals surface area (Å²) < 4.78 is 13.3. The standard InChI is InChI=1S/C25H29FN4OS/c1-3-29-12-4-5-22(29)16-30(25(32)27-21-10-8-20(26)9-11-21)15-19-14-18-7-6-17(2)13-23(18)28-24(19)31/h6-11,13-14,22H,3-5,12,15-16H2,1-2H3,(H,27,32)(H,28,31)/t22-/m0/s1. The van der Waals surface area contributed by atoms with E-state index >= 15 is 0 Å². The molecule has 0 unspecified atom stereocenters. The van der Waals surface area contributed by atoms with Crippen LogP contribution in [0.3, 0.4) is 0 Å². The Hall–Kier alpha value is -2.77. The molecule has 0 aliphatic carbocycles. The van der Waals surface area contributed by atoms with Crippen LogP contribution < -0.4 is 10.9 Å². The molecular formula is C25H29FN4OS. The first-order valence-corrected chi connectivity index (χ1v) is 11.5. The number of aromatic nitrogens is 1. The summed E-state index contributed by atoms with van der Waals surface area (Å²) in [6.07, 6.45) is 2.28. The highest BCUT2D eigenvalue weighted by Crippen LogP contribution is 2.20. The first-order chi connectivity index (χ1) is 15.4. The monoisotopic (exact) mass is 452 g/mol. The predicted octanol–water partition coefficient (Wildman–Crippen LogP) is 4.66. The average Bonchev–Trinajstić information content (AvgIpc) is 3.22. The van der Waals surface area contributed by atoms with E-state index in [1.807, 2.05) is 31.2 Å². The Morgan fingerprint density at radius 3 is 2.78 bits per heavy atom. The number of H-pyrrole nitrogens is 1. The van der Waals surface area contributed by atoms with Crippen LogP contribution in [0.15, 0.2) is 53.3 Å². The number of aryl methyl sites for hydroxylation is 1. The number of hydrogen-bond acceptors (Lipinski definition) is 3. The van der Waals surface area contributed by atoms with E-state index in [0.29, 0.717) is 23.3 Å². The number of aromatic amines is 1. The average molecular weight is 453 g/mol. The molecule has 1 fully saturated rings. The van der Waals surface area contributed by atoms with Gasteiger partial charge in [-0.2, -0.15) is 0 Å². The molecule has 1 atom stereocenters. The van der Waals surface area contributed by atoms with Gasteiger partial charge in [0, 0.05) is 29.4 Å². The van der Waals surface area contributed by atoms with E-state index in [9.17, 15) is 9.18 Å². The van der Waals surface area contributed by atoms with Crippen molar-refractivity contribution in [3.63, 3.8) is 0 Å². The normalized spacial score (nSPS) is 16.4. The van der Waals surface area contributed by atoms with E-state index in [0.717, 1.165) is 48.2 Å². The van der Waals surface area contributed by atoms with Gasteiger partial charge in [0.2, 0.25) is 0 Å². The molecule has 2 N–H and O–H groups in total. The number of halogens is 1.